The van der Waals surface area contributed by atoms with Crippen LogP contribution < -0.4 is 4.90 Å². The molecule has 1 aliphatic heterocycles. The Morgan fingerprint density at radius 2 is 1.95 bits per heavy atom. The number of H-pyrrole nitrogens is 1. The minimum atomic E-state index is -3.12. The number of aromatic amines is 1. The number of piperazine rings is 1. The minimum Gasteiger partial charge on any atom is -0.338 e. The Morgan fingerprint density at radius 1 is 1.23 bits per heavy atom. The fraction of sp³-hybridized carbons (Fsp3) is 0.583. The molecule has 0 amide bonds. The molecule has 3 rings (SSSR count). The van der Waals surface area contributed by atoms with Crippen LogP contribution in [-0.4, -0.2) is 69.6 Å². The normalized spacial score (nSPS) is 17.1. The van der Waals surface area contributed by atoms with E-state index in [1.807, 2.05) is 17.7 Å². The first-order valence-corrected chi connectivity index (χ1v) is 8.75. The molecule has 0 aromatic carbocycles. The zero-order valence-corrected chi connectivity index (χ0v) is 13.4. The molecule has 0 bridgehead atoms. The molecule has 3 heterocycles. The minimum absolute atomic E-state index is 0.140. The summed E-state index contributed by atoms with van der Waals surface area (Å²) in [6.07, 6.45) is 1.66. The fourth-order valence-corrected chi connectivity index (χ4v) is 3.64. The topological polar surface area (TPSA) is 100 Å². The third kappa shape index (κ3) is 2.59. The molecule has 0 saturated carbocycles. The van der Waals surface area contributed by atoms with E-state index in [1.165, 1.54) is 4.31 Å². The van der Waals surface area contributed by atoms with Crippen LogP contribution in [0.2, 0.25) is 0 Å². The third-order valence-electron chi connectivity index (χ3n) is 3.87. The van der Waals surface area contributed by atoms with Gasteiger partial charge in [-0.25, -0.2) is 8.42 Å². The number of hydrogen-bond donors (Lipinski definition) is 1. The molecule has 1 aliphatic rings. The summed E-state index contributed by atoms with van der Waals surface area (Å²) in [6, 6.07) is 1.83. The number of sulfonamides is 1. The highest BCUT2D eigenvalue weighted by molar-refractivity contribution is 7.89. The first-order valence-electron chi connectivity index (χ1n) is 7.15. The maximum atomic E-state index is 11.9. The highest BCUT2D eigenvalue weighted by Gasteiger charge is 2.27. The molecule has 1 saturated heterocycles. The lowest BCUT2D eigenvalue weighted by molar-refractivity contribution is 0.382. The Morgan fingerprint density at radius 3 is 2.55 bits per heavy atom. The molecule has 9 nitrogen and oxygen atoms in total. The van der Waals surface area contributed by atoms with Gasteiger partial charge in [-0.1, -0.05) is 0 Å². The molecule has 0 atom stereocenters. The molecule has 22 heavy (non-hydrogen) atoms. The Balaban J connectivity index is 1.75. The second-order valence-corrected chi connectivity index (χ2v) is 7.40. The van der Waals surface area contributed by atoms with E-state index in [0.717, 1.165) is 11.6 Å². The lowest BCUT2D eigenvalue weighted by atomic mass is 10.4. The van der Waals surface area contributed by atoms with E-state index in [-0.39, 0.29) is 5.75 Å². The van der Waals surface area contributed by atoms with Crippen molar-refractivity contribution in [3.05, 3.63) is 12.3 Å². The monoisotopic (exact) mass is 325 g/mol. The maximum absolute atomic E-state index is 11.9. The van der Waals surface area contributed by atoms with E-state index in [0.29, 0.717) is 32.0 Å². The van der Waals surface area contributed by atoms with E-state index >= 15 is 0 Å². The first-order chi connectivity index (χ1) is 10.5. The van der Waals surface area contributed by atoms with Crippen molar-refractivity contribution in [2.45, 2.75) is 6.92 Å². The van der Waals surface area contributed by atoms with Crippen LogP contribution >= 0.6 is 0 Å². The van der Waals surface area contributed by atoms with Crippen molar-refractivity contribution in [2.24, 2.45) is 7.05 Å². The van der Waals surface area contributed by atoms with Crippen molar-refractivity contribution in [1.29, 1.82) is 0 Å². The molecular weight excluding hydrogens is 306 g/mol. The summed E-state index contributed by atoms with van der Waals surface area (Å²) in [5.74, 6) is 1.58. The summed E-state index contributed by atoms with van der Waals surface area (Å²) >= 11 is 0. The van der Waals surface area contributed by atoms with Gasteiger partial charge in [-0.2, -0.15) is 9.40 Å². The number of hydrogen-bond acceptors (Lipinski definition) is 6. The van der Waals surface area contributed by atoms with Gasteiger partial charge in [0.15, 0.2) is 5.82 Å². The lowest BCUT2D eigenvalue weighted by Crippen LogP contribution is -2.49. The van der Waals surface area contributed by atoms with Gasteiger partial charge in [-0.15, -0.1) is 10.2 Å². The summed E-state index contributed by atoms with van der Waals surface area (Å²) in [5, 5.41) is 15.2. The Kier molecular flexibility index (Phi) is 3.87. The molecule has 0 unspecified atom stereocenters. The van der Waals surface area contributed by atoms with E-state index < -0.39 is 10.0 Å². The number of nitrogens with zero attached hydrogens (tertiary/aromatic N) is 6. The van der Waals surface area contributed by atoms with Crippen molar-refractivity contribution in [3.8, 4) is 11.5 Å². The van der Waals surface area contributed by atoms with E-state index in [9.17, 15) is 8.42 Å². The molecule has 1 fully saturated rings. The number of anilines is 1. The van der Waals surface area contributed by atoms with Crippen molar-refractivity contribution in [1.82, 2.24) is 29.3 Å². The van der Waals surface area contributed by atoms with Crippen LogP contribution in [0.1, 0.15) is 6.92 Å². The fourth-order valence-electron chi connectivity index (χ4n) is 2.56. The highest BCUT2D eigenvalue weighted by Crippen LogP contribution is 2.20. The van der Waals surface area contributed by atoms with Gasteiger partial charge in [-0.3, -0.25) is 9.67 Å². The third-order valence-corrected chi connectivity index (χ3v) is 5.75. The number of rotatable bonds is 4. The summed E-state index contributed by atoms with van der Waals surface area (Å²) in [5.41, 5.74) is 0.799. The van der Waals surface area contributed by atoms with Crippen molar-refractivity contribution < 1.29 is 8.42 Å². The van der Waals surface area contributed by atoms with Gasteiger partial charge in [0, 0.05) is 39.4 Å². The van der Waals surface area contributed by atoms with Crippen LogP contribution in [0.4, 0.5) is 5.95 Å². The van der Waals surface area contributed by atoms with E-state index in [2.05, 4.69) is 25.3 Å². The molecule has 120 valence electrons. The quantitative estimate of drug-likeness (QED) is 0.827. The molecule has 0 spiro atoms. The van der Waals surface area contributed by atoms with Gasteiger partial charge in [0.2, 0.25) is 16.0 Å². The van der Waals surface area contributed by atoms with E-state index in [4.69, 9.17) is 0 Å². The first kappa shape index (κ1) is 15.0. The predicted octanol–water partition coefficient (Wildman–Crippen LogP) is -0.323. The summed E-state index contributed by atoms with van der Waals surface area (Å²) in [6.45, 7) is 3.83. The molecule has 10 heteroatoms. The Hall–Kier alpha value is -1.94. The van der Waals surface area contributed by atoms with Crippen LogP contribution in [-0.2, 0) is 17.1 Å². The molecule has 0 aliphatic carbocycles. The maximum Gasteiger partial charge on any atom is 0.227 e. The second-order valence-electron chi connectivity index (χ2n) is 5.14. The largest absolute Gasteiger partial charge is 0.338 e. The molecular formula is C12H19N7O2S. The second kappa shape index (κ2) is 5.69. The standard InChI is InChI=1S/C12H19N7O2S/c1-3-22(20,21)19-8-6-18(7-9-19)12-16-15-11(17(12)2)10-4-5-13-14-10/h4-5H,3,6-9H2,1-2H3,(H,13,14). The van der Waals surface area contributed by atoms with Crippen LogP contribution in [0.5, 0.6) is 0 Å². The molecule has 0 radical (unpaired) electrons. The number of aromatic nitrogens is 5. The van der Waals surface area contributed by atoms with Crippen LogP contribution in [0.25, 0.3) is 11.5 Å². The zero-order chi connectivity index (χ0) is 15.7. The van der Waals surface area contributed by atoms with Gasteiger partial charge in [0.25, 0.3) is 0 Å². The molecule has 1 N–H and O–H groups in total. The SMILES string of the molecule is CCS(=O)(=O)N1CCN(c2nnc(-c3ccn[nH]3)n2C)CC1. The average Bonchev–Trinajstić information content (AvgIpc) is 3.16. The Labute approximate surface area is 129 Å². The summed E-state index contributed by atoms with van der Waals surface area (Å²) in [7, 11) is -1.23. The average molecular weight is 325 g/mol. The van der Waals surface area contributed by atoms with Gasteiger partial charge < -0.3 is 4.90 Å². The summed E-state index contributed by atoms with van der Waals surface area (Å²) in [4.78, 5) is 2.05. The lowest BCUT2D eigenvalue weighted by Gasteiger charge is -2.34. The van der Waals surface area contributed by atoms with Gasteiger partial charge in [0.05, 0.1) is 5.75 Å². The summed E-state index contributed by atoms with van der Waals surface area (Å²) < 4.78 is 27.2. The van der Waals surface area contributed by atoms with Crippen molar-refractivity contribution >= 4 is 16.0 Å². The highest BCUT2D eigenvalue weighted by atomic mass is 32.2. The molecule has 2 aromatic heterocycles. The van der Waals surface area contributed by atoms with Crippen LogP contribution in [0, 0.1) is 0 Å². The Bertz CT molecular complexity index is 730. The van der Waals surface area contributed by atoms with Crippen molar-refractivity contribution in [2.75, 3.05) is 36.8 Å². The van der Waals surface area contributed by atoms with E-state index in [1.54, 1.807) is 13.1 Å². The van der Waals surface area contributed by atoms with Gasteiger partial charge >= 0.3 is 0 Å². The smallest absolute Gasteiger partial charge is 0.227 e. The number of nitrogens with one attached hydrogen (secondary N) is 1. The zero-order valence-electron chi connectivity index (χ0n) is 12.6. The van der Waals surface area contributed by atoms with Gasteiger partial charge in [-0.05, 0) is 13.0 Å². The van der Waals surface area contributed by atoms with Crippen LogP contribution in [0.15, 0.2) is 12.3 Å². The van der Waals surface area contributed by atoms with Crippen LogP contribution in [0.3, 0.4) is 0 Å². The predicted molar refractivity (Wildman–Crippen MR) is 81.8 cm³/mol. The molecule has 2 aromatic rings. The van der Waals surface area contributed by atoms with Crippen molar-refractivity contribution in [3.63, 3.8) is 0 Å². The van der Waals surface area contributed by atoms with Gasteiger partial charge in [0.1, 0.15) is 5.69 Å².